The van der Waals surface area contributed by atoms with Crippen LogP contribution in [0.5, 0.6) is 23.0 Å². The van der Waals surface area contributed by atoms with Crippen LogP contribution < -0.4 is 24.3 Å². The summed E-state index contributed by atoms with van der Waals surface area (Å²) in [4.78, 5) is 0. The highest BCUT2D eigenvalue weighted by Gasteiger charge is 2.11. The van der Waals surface area contributed by atoms with Gasteiger partial charge in [-0.25, -0.2) is 0 Å². The molecule has 5 heteroatoms. The lowest BCUT2D eigenvalue weighted by Crippen LogP contribution is -2.21. The lowest BCUT2D eigenvalue weighted by molar-refractivity contribution is 0.227. The average molecular weight is 345 g/mol. The number of hydrogen-bond donors (Lipinski definition) is 1. The van der Waals surface area contributed by atoms with E-state index in [-0.39, 0.29) is 6.10 Å². The van der Waals surface area contributed by atoms with Crippen LogP contribution in [0.1, 0.15) is 19.4 Å². The van der Waals surface area contributed by atoms with Crippen molar-refractivity contribution in [3.05, 3.63) is 48.0 Å². The monoisotopic (exact) mass is 345 g/mol. The summed E-state index contributed by atoms with van der Waals surface area (Å²) in [6.45, 7) is 6.00. The standard InChI is InChI=1S/C20H27NO4/c1-15(2)25-20-16(6-5-7-19(20)23-4)14-21-12-13-24-18-10-8-17(22-3)9-11-18/h5-11,15,21H,12-14H2,1-4H3. The Morgan fingerprint density at radius 2 is 1.64 bits per heavy atom. The third kappa shape index (κ3) is 5.87. The van der Waals surface area contributed by atoms with Crippen molar-refractivity contribution in [1.82, 2.24) is 5.32 Å². The van der Waals surface area contributed by atoms with Crippen LogP contribution >= 0.6 is 0 Å². The first-order valence-electron chi connectivity index (χ1n) is 8.44. The third-order valence-corrected chi connectivity index (χ3v) is 3.56. The number of para-hydroxylation sites is 1. The molecular weight excluding hydrogens is 318 g/mol. The van der Waals surface area contributed by atoms with E-state index in [1.54, 1.807) is 14.2 Å². The van der Waals surface area contributed by atoms with Gasteiger partial charge >= 0.3 is 0 Å². The minimum atomic E-state index is 0.0912. The van der Waals surface area contributed by atoms with Gasteiger partial charge in [0.2, 0.25) is 0 Å². The molecule has 0 aliphatic heterocycles. The number of benzene rings is 2. The maximum Gasteiger partial charge on any atom is 0.166 e. The molecule has 0 amide bonds. The van der Waals surface area contributed by atoms with Gasteiger partial charge in [-0.2, -0.15) is 0 Å². The molecule has 0 radical (unpaired) electrons. The molecule has 25 heavy (non-hydrogen) atoms. The predicted molar refractivity (Wildman–Crippen MR) is 99.0 cm³/mol. The van der Waals surface area contributed by atoms with Gasteiger partial charge in [-0.1, -0.05) is 12.1 Å². The van der Waals surface area contributed by atoms with E-state index < -0.39 is 0 Å². The molecule has 2 aromatic carbocycles. The minimum absolute atomic E-state index is 0.0912. The molecule has 0 saturated carbocycles. The average Bonchev–Trinajstić information content (AvgIpc) is 2.62. The highest BCUT2D eigenvalue weighted by molar-refractivity contribution is 5.46. The van der Waals surface area contributed by atoms with Gasteiger partial charge in [0, 0.05) is 18.7 Å². The smallest absolute Gasteiger partial charge is 0.166 e. The third-order valence-electron chi connectivity index (χ3n) is 3.56. The Labute approximate surface area is 149 Å². The van der Waals surface area contributed by atoms with Crippen LogP contribution in [0.3, 0.4) is 0 Å². The zero-order chi connectivity index (χ0) is 18.1. The molecule has 1 N–H and O–H groups in total. The fourth-order valence-electron chi connectivity index (χ4n) is 2.37. The molecule has 136 valence electrons. The summed E-state index contributed by atoms with van der Waals surface area (Å²) in [5, 5.41) is 3.37. The Kier molecular flexibility index (Phi) is 7.41. The lowest BCUT2D eigenvalue weighted by atomic mass is 10.2. The highest BCUT2D eigenvalue weighted by Crippen LogP contribution is 2.31. The molecule has 0 aromatic heterocycles. The summed E-state index contributed by atoms with van der Waals surface area (Å²) < 4.78 is 22.1. The lowest BCUT2D eigenvalue weighted by Gasteiger charge is -2.17. The first-order valence-corrected chi connectivity index (χ1v) is 8.44. The molecule has 0 saturated heterocycles. The van der Waals surface area contributed by atoms with Gasteiger partial charge in [0.15, 0.2) is 11.5 Å². The second kappa shape index (κ2) is 9.79. The Morgan fingerprint density at radius 3 is 2.28 bits per heavy atom. The van der Waals surface area contributed by atoms with Crippen LogP contribution in [0.25, 0.3) is 0 Å². The van der Waals surface area contributed by atoms with Gasteiger partial charge in [-0.15, -0.1) is 0 Å². The minimum Gasteiger partial charge on any atom is -0.497 e. The van der Waals surface area contributed by atoms with E-state index in [0.717, 1.165) is 35.1 Å². The zero-order valence-electron chi connectivity index (χ0n) is 15.4. The topological polar surface area (TPSA) is 49.0 Å². The predicted octanol–water partition coefficient (Wildman–Crippen LogP) is 3.66. The van der Waals surface area contributed by atoms with Crippen molar-refractivity contribution < 1.29 is 18.9 Å². The van der Waals surface area contributed by atoms with Crippen molar-refractivity contribution in [1.29, 1.82) is 0 Å². The normalized spacial score (nSPS) is 10.6. The van der Waals surface area contributed by atoms with E-state index in [9.17, 15) is 0 Å². The maximum absolute atomic E-state index is 5.91. The molecule has 0 spiro atoms. The summed E-state index contributed by atoms with van der Waals surface area (Å²) in [5.41, 5.74) is 1.07. The largest absolute Gasteiger partial charge is 0.497 e. The Hall–Kier alpha value is -2.40. The van der Waals surface area contributed by atoms with Gasteiger partial charge in [0.1, 0.15) is 18.1 Å². The molecule has 5 nitrogen and oxygen atoms in total. The van der Waals surface area contributed by atoms with Gasteiger partial charge in [0.05, 0.1) is 20.3 Å². The SMILES string of the molecule is COc1ccc(OCCNCc2cccc(OC)c2OC(C)C)cc1. The zero-order valence-corrected chi connectivity index (χ0v) is 15.4. The fourth-order valence-corrected chi connectivity index (χ4v) is 2.37. The van der Waals surface area contributed by atoms with E-state index in [2.05, 4.69) is 5.32 Å². The Morgan fingerprint density at radius 1 is 0.920 bits per heavy atom. The summed E-state index contributed by atoms with van der Waals surface area (Å²) in [7, 11) is 3.30. The molecule has 0 bridgehead atoms. The van der Waals surface area contributed by atoms with Crippen molar-refractivity contribution in [2.75, 3.05) is 27.4 Å². The molecule has 0 fully saturated rings. The molecule has 0 aliphatic rings. The quantitative estimate of drug-likeness (QED) is 0.666. The van der Waals surface area contributed by atoms with Crippen LogP contribution in [0, 0.1) is 0 Å². The number of nitrogens with one attached hydrogen (secondary N) is 1. The van der Waals surface area contributed by atoms with E-state index in [1.807, 2.05) is 56.3 Å². The van der Waals surface area contributed by atoms with Gasteiger partial charge in [-0.3, -0.25) is 0 Å². The molecule has 0 atom stereocenters. The van der Waals surface area contributed by atoms with Crippen LogP contribution in [-0.2, 0) is 6.54 Å². The number of methoxy groups -OCH3 is 2. The van der Waals surface area contributed by atoms with Gasteiger partial charge in [-0.05, 0) is 44.2 Å². The summed E-state index contributed by atoms with van der Waals surface area (Å²) in [6, 6.07) is 13.5. The summed E-state index contributed by atoms with van der Waals surface area (Å²) in [6.07, 6.45) is 0.0912. The molecule has 2 aromatic rings. The first kappa shape index (κ1) is 18.9. The van der Waals surface area contributed by atoms with E-state index in [4.69, 9.17) is 18.9 Å². The summed E-state index contributed by atoms with van der Waals surface area (Å²) in [5.74, 6) is 3.19. The Balaban J connectivity index is 1.82. The number of hydrogen-bond acceptors (Lipinski definition) is 5. The van der Waals surface area contributed by atoms with E-state index >= 15 is 0 Å². The molecule has 0 unspecified atom stereocenters. The fraction of sp³-hybridized carbons (Fsp3) is 0.400. The van der Waals surface area contributed by atoms with Crippen molar-refractivity contribution >= 4 is 0 Å². The highest BCUT2D eigenvalue weighted by atomic mass is 16.5. The van der Waals surface area contributed by atoms with E-state index in [1.165, 1.54) is 0 Å². The van der Waals surface area contributed by atoms with Crippen molar-refractivity contribution in [3.8, 4) is 23.0 Å². The summed E-state index contributed by atoms with van der Waals surface area (Å²) >= 11 is 0. The second-order valence-electron chi connectivity index (χ2n) is 5.82. The molecule has 0 aliphatic carbocycles. The number of rotatable bonds is 10. The first-order chi connectivity index (χ1) is 12.1. The Bertz CT molecular complexity index is 641. The van der Waals surface area contributed by atoms with Crippen LogP contribution in [0.4, 0.5) is 0 Å². The van der Waals surface area contributed by atoms with Crippen molar-refractivity contribution in [2.24, 2.45) is 0 Å². The van der Waals surface area contributed by atoms with Crippen LogP contribution in [-0.4, -0.2) is 33.5 Å². The van der Waals surface area contributed by atoms with Crippen LogP contribution in [0.15, 0.2) is 42.5 Å². The van der Waals surface area contributed by atoms with Gasteiger partial charge < -0.3 is 24.3 Å². The van der Waals surface area contributed by atoms with E-state index in [0.29, 0.717) is 13.2 Å². The molecule has 2 rings (SSSR count). The second-order valence-corrected chi connectivity index (χ2v) is 5.82. The molecule has 0 heterocycles. The number of ether oxygens (including phenoxy) is 4. The van der Waals surface area contributed by atoms with Crippen molar-refractivity contribution in [3.63, 3.8) is 0 Å². The molecular formula is C20H27NO4. The van der Waals surface area contributed by atoms with Crippen LogP contribution in [0.2, 0.25) is 0 Å². The van der Waals surface area contributed by atoms with Gasteiger partial charge in [0.25, 0.3) is 0 Å². The maximum atomic E-state index is 5.91. The van der Waals surface area contributed by atoms with Crippen molar-refractivity contribution in [2.45, 2.75) is 26.5 Å².